The molecule has 0 heterocycles. The number of halogens is 1. The molecule has 1 aromatic rings. The first-order valence-electron chi connectivity index (χ1n) is 8.19. The number of hydrogen-bond acceptors (Lipinski definition) is 3. The minimum atomic E-state index is -1.09. The molecule has 134 valence electrons. The van der Waals surface area contributed by atoms with Gasteiger partial charge in [-0.15, -0.1) is 0 Å². The molecule has 0 aromatic heterocycles. The van der Waals surface area contributed by atoms with Crippen LogP contribution in [0.1, 0.15) is 25.8 Å². The molecule has 2 amide bonds. The highest BCUT2D eigenvalue weighted by Gasteiger charge is 2.35. The summed E-state index contributed by atoms with van der Waals surface area (Å²) >= 11 is 5.84. The normalized spacial score (nSPS) is 11.4. The van der Waals surface area contributed by atoms with Crippen LogP contribution in [0.3, 0.4) is 0 Å². The van der Waals surface area contributed by atoms with E-state index in [1.165, 1.54) is 0 Å². The average Bonchev–Trinajstić information content (AvgIpc) is 2.52. The van der Waals surface area contributed by atoms with Crippen LogP contribution in [0.5, 0.6) is 0 Å². The maximum absolute atomic E-state index is 12.3. The van der Waals surface area contributed by atoms with Gasteiger partial charge in [-0.2, -0.15) is 0 Å². The zero-order chi connectivity index (χ0) is 18.2. The number of hydrogen-bond donors (Lipinski definition) is 2. The third kappa shape index (κ3) is 6.89. The van der Waals surface area contributed by atoms with Crippen LogP contribution in [0.25, 0.3) is 0 Å². The van der Waals surface area contributed by atoms with Crippen molar-refractivity contribution in [2.75, 3.05) is 33.7 Å². The van der Waals surface area contributed by atoms with Crippen molar-refractivity contribution in [3.8, 4) is 0 Å². The van der Waals surface area contributed by atoms with Gasteiger partial charge >= 0.3 is 0 Å². The first-order chi connectivity index (χ1) is 11.2. The van der Waals surface area contributed by atoms with Crippen LogP contribution in [-0.2, 0) is 16.0 Å². The molecule has 0 saturated carbocycles. The Morgan fingerprint density at radius 2 is 1.58 bits per heavy atom. The second kappa shape index (κ2) is 9.64. The lowest BCUT2D eigenvalue weighted by atomic mass is 9.91. The standard InChI is InChI=1S/C18H28ClN3O2/c1-18(2,16(23)20-11-5-13-22(3)4)17(24)21-12-10-14-6-8-15(19)9-7-14/h6-9H,5,10-13H2,1-4H3,(H,20,23)(H,21,24). The molecule has 0 bridgehead atoms. The molecule has 0 spiro atoms. The van der Waals surface area contributed by atoms with E-state index < -0.39 is 5.41 Å². The third-order valence-corrected chi connectivity index (χ3v) is 4.07. The van der Waals surface area contributed by atoms with E-state index in [1.807, 2.05) is 38.4 Å². The molecule has 0 atom stereocenters. The zero-order valence-electron chi connectivity index (χ0n) is 15.0. The molecule has 0 fully saturated rings. The highest BCUT2D eigenvalue weighted by atomic mass is 35.5. The Hall–Kier alpha value is -1.59. The number of carbonyl (C=O) groups excluding carboxylic acids is 2. The largest absolute Gasteiger partial charge is 0.355 e. The van der Waals surface area contributed by atoms with Gasteiger partial charge in [0.2, 0.25) is 11.8 Å². The van der Waals surface area contributed by atoms with Crippen molar-refractivity contribution >= 4 is 23.4 Å². The summed E-state index contributed by atoms with van der Waals surface area (Å²) < 4.78 is 0. The van der Waals surface area contributed by atoms with Gasteiger partial charge in [0.05, 0.1) is 0 Å². The molecular formula is C18H28ClN3O2. The van der Waals surface area contributed by atoms with Crippen molar-refractivity contribution in [2.24, 2.45) is 5.41 Å². The van der Waals surface area contributed by atoms with E-state index >= 15 is 0 Å². The first-order valence-corrected chi connectivity index (χ1v) is 8.57. The van der Waals surface area contributed by atoms with Crippen LogP contribution >= 0.6 is 11.6 Å². The molecule has 2 N–H and O–H groups in total. The fraction of sp³-hybridized carbons (Fsp3) is 0.556. The average molecular weight is 354 g/mol. The van der Waals surface area contributed by atoms with Gasteiger partial charge in [-0.05, 0) is 65.0 Å². The maximum atomic E-state index is 12.3. The number of carbonyl (C=O) groups is 2. The van der Waals surface area contributed by atoms with Gasteiger partial charge in [0.1, 0.15) is 5.41 Å². The van der Waals surface area contributed by atoms with Crippen LogP contribution in [0.15, 0.2) is 24.3 Å². The summed E-state index contributed by atoms with van der Waals surface area (Å²) in [4.78, 5) is 26.6. The molecule has 1 aromatic carbocycles. The maximum Gasteiger partial charge on any atom is 0.235 e. The van der Waals surface area contributed by atoms with Crippen molar-refractivity contribution < 1.29 is 9.59 Å². The molecule has 0 saturated heterocycles. The molecule has 6 heteroatoms. The molecular weight excluding hydrogens is 326 g/mol. The summed E-state index contributed by atoms with van der Waals surface area (Å²) in [5.41, 5.74) is 0.00335. The zero-order valence-corrected chi connectivity index (χ0v) is 15.7. The smallest absolute Gasteiger partial charge is 0.235 e. The quantitative estimate of drug-likeness (QED) is 0.528. The van der Waals surface area contributed by atoms with Gasteiger partial charge in [-0.3, -0.25) is 9.59 Å². The minimum Gasteiger partial charge on any atom is -0.355 e. The molecule has 0 aliphatic heterocycles. The monoisotopic (exact) mass is 353 g/mol. The van der Waals surface area contributed by atoms with E-state index in [0.717, 1.165) is 18.5 Å². The molecule has 0 aliphatic rings. The van der Waals surface area contributed by atoms with E-state index in [-0.39, 0.29) is 11.8 Å². The highest BCUT2D eigenvalue weighted by Crippen LogP contribution is 2.15. The van der Waals surface area contributed by atoms with Gasteiger partial charge in [0, 0.05) is 18.1 Å². The summed E-state index contributed by atoms with van der Waals surface area (Å²) in [5, 5.41) is 6.36. The van der Waals surface area contributed by atoms with E-state index in [4.69, 9.17) is 11.6 Å². The molecule has 0 aliphatic carbocycles. The number of amides is 2. The Morgan fingerprint density at radius 1 is 1.04 bits per heavy atom. The van der Waals surface area contributed by atoms with Gasteiger partial charge in [-0.1, -0.05) is 23.7 Å². The lowest BCUT2D eigenvalue weighted by molar-refractivity contribution is -0.141. The second-order valence-corrected chi connectivity index (χ2v) is 7.11. The molecule has 1 rings (SSSR count). The highest BCUT2D eigenvalue weighted by molar-refractivity contribution is 6.30. The molecule has 0 unspecified atom stereocenters. The van der Waals surface area contributed by atoms with Gasteiger partial charge < -0.3 is 15.5 Å². The fourth-order valence-corrected chi connectivity index (χ4v) is 2.24. The van der Waals surface area contributed by atoms with E-state index in [9.17, 15) is 9.59 Å². The lowest BCUT2D eigenvalue weighted by Crippen LogP contribution is -2.48. The Labute approximate surface area is 149 Å². The van der Waals surface area contributed by atoms with Crippen LogP contribution < -0.4 is 10.6 Å². The molecule has 24 heavy (non-hydrogen) atoms. The van der Waals surface area contributed by atoms with Crippen molar-refractivity contribution in [3.05, 3.63) is 34.9 Å². The molecule has 5 nitrogen and oxygen atoms in total. The van der Waals surface area contributed by atoms with Crippen molar-refractivity contribution in [1.29, 1.82) is 0 Å². The van der Waals surface area contributed by atoms with Crippen LogP contribution in [0.4, 0.5) is 0 Å². The second-order valence-electron chi connectivity index (χ2n) is 6.67. The van der Waals surface area contributed by atoms with Gasteiger partial charge in [0.15, 0.2) is 0 Å². The Balaban J connectivity index is 2.37. The summed E-state index contributed by atoms with van der Waals surface area (Å²) in [7, 11) is 3.97. The summed E-state index contributed by atoms with van der Waals surface area (Å²) in [6.07, 6.45) is 1.55. The van der Waals surface area contributed by atoms with Crippen molar-refractivity contribution in [3.63, 3.8) is 0 Å². The predicted octanol–water partition coefficient (Wildman–Crippen LogP) is 2.09. The Bertz CT molecular complexity index is 542. The van der Waals surface area contributed by atoms with Crippen molar-refractivity contribution in [1.82, 2.24) is 15.5 Å². The van der Waals surface area contributed by atoms with Crippen molar-refractivity contribution in [2.45, 2.75) is 26.7 Å². The Morgan fingerprint density at radius 3 is 2.12 bits per heavy atom. The number of nitrogens with zero attached hydrogens (tertiary/aromatic N) is 1. The topological polar surface area (TPSA) is 61.4 Å². The van der Waals surface area contributed by atoms with Crippen LogP contribution in [0.2, 0.25) is 5.02 Å². The minimum absolute atomic E-state index is 0.245. The fourth-order valence-electron chi connectivity index (χ4n) is 2.11. The first kappa shape index (κ1) is 20.5. The number of rotatable bonds is 9. The van der Waals surface area contributed by atoms with Gasteiger partial charge in [-0.25, -0.2) is 0 Å². The lowest BCUT2D eigenvalue weighted by Gasteiger charge is -2.23. The summed E-state index contributed by atoms with van der Waals surface area (Å²) in [5.74, 6) is -0.508. The predicted molar refractivity (Wildman–Crippen MR) is 98.1 cm³/mol. The summed E-state index contributed by atoms with van der Waals surface area (Å²) in [6, 6.07) is 7.50. The third-order valence-electron chi connectivity index (χ3n) is 3.82. The van der Waals surface area contributed by atoms with E-state index in [2.05, 4.69) is 15.5 Å². The summed E-state index contributed by atoms with van der Waals surface area (Å²) in [6.45, 7) is 5.24. The SMILES string of the molecule is CN(C)CCCNC(=O)C(C)(C)C(=O)NCCc1ccc(Cl)cc1. The number of nitrogens with one attached hydrogen (secondary N) is 2. The van der Waals surface area contributed by atoms with Crippen LogP contribution in [0, 0.1) is 5.41 Å². The van der Waals surface area contributed by atoms with Crippen LogP contribution in [-0.4, -0.2) is 50.4 Å². The van der Waals surface area contributed by atoms with E-state index in [0.29, 0.717) is 24.5 Å². The Kier molecular flexibility index (Phi) is 8.22. The van der Waals surface area contributed by atoms with E-state index in [1.54, 1.807) is 13.8 Å². The van der Waals surface area contributed by atoms with Gasteiger partial charge in [0.25, 0.3) is 0 Å². The molecule has 0 radical (unpaired) electrons. The number of benzene rings is 1.